The first-order chi connectivity index (χ1) is 14.2. The van der Waals surface area contributed by atoms with Crippen molar-refractivity contribution in [1.82, 2.24) is 15.2 Å². The first-order valence-electron chi connectivity index (χ1n) is 9.32. The summed E-state index contributed by atoms with van der Waals surface area (Å²) >= 11 is 1.47. The number of rotatable bonds is 4. The van der Waals surface area contributed by atoms with Crippen molar-refractivity contribution < 1.29 is 13.9 Å². The molecule has 0 unspecified atom stereocenters. The van der Waals surface area contributed by atoms with E-state index in [1.165, 1.54) is 11.3 Å². The molecule has 3 aromatic heterocycles. The maximum atomic E-state index is 12.7. The third-order valence-corrected chi connectivity index (χ3v) is 5.93. The number of thiophene rings is 1. The van der Waals surface area contributed by atoms with Crippen molar-refractivity contribution in [3.8, 4) is 10.8 Å². The Labute approximate surface area is 170 Å². The van der Waals surface area contributed by atoms with Crippen LogP contribution in [0.25, 0.3) is 21.0 Å². The average Bonchev–Trinajstić information content (AvgIpc) is 3.46. The van der Waals surface area contributed by atoms with Crippen LogP contribution < -0.4 is 10.2 Å². The summed E-state index contributed by atoms with van der Waals surface area (Å²) in [6.45, 7) is 5.04. The van der Waals surface area contributed by atoms with E-state index in [4.69, 9.17) is 9.15 Å². The summed E-state index contributed by atoms with van der Waals surface area (Å²) in [5.41, 5.74) is 2.51. The molecule has 1 saturated heterocycles. The van der Waals surface area contributed by atoms with Gasteiger partial charge >= 0.3 is 0 Å². The molecular formula is C20H19N5O3S. The zero-order valence-corrected chi connectivity index (χ0v) is 16.6. The number of morpholine rings is 1. The van der Waals surface area contributed by atoms with Crippen molar-refractivity contribution in [2.45, 2.75) is 6.92 Å². The Bertz CT molecular complexity index is 1150. The largest absolute Gasteiger partial charge is 0.441 e. The molecule has 8 nitrogen and oxygen atoms in total. The number of fused-ring (bicyclic) bond motifs is 1. The van der Waals surface area contributed by atoms with Gasteiger partial charge in [0.15, 0.2) is 5.82 Å². The zero-order chi connectivity index (χ0) is 19.8. The highest BCUT2D eigenvalue weighted by atomic mass is 32.1. The third kappa shape index (κ3) is 3.50. The van der Waals surface area contributed by atoms with Crippen molar-refractivity contribution in [1.29, 1.82) is 0 Å². The molecule has 0 bridgehead atoms. The number of benzene rings is 1. The highest BCUT2D eigenvalue weighted by Gasteiger charge is 2.17. The van der Waals surface area contributed by atoms with Crippen LogP contribution in [0.5, 0.6) is 0 Å². The predicted molar refractivity (Wildman–Crippen MR) is 112 cm³/mol. The van der Waals surface area contributed by atoms with Gasteiger partial charge in [0, 0.05) is 24.3 Å². The van der Waals surface area contributed by atoms with E-state index in [0.717, 1.165) is 52.8 Å². The number of hydrogen-bond donors (Lipinski definition) is 2. The number of nitrogens with one attached hydrogen (secondary N) is 2. The molecule has 1 aromatic carbocycles. The summed E-state index contributed by atoms with van der Waals surface area (Å²) in [5, 5.41) is 10.1. The molecular weight excluding hydrogens is 390 g/mol. The molecule has 0 aliphatic carbocycles. The number of aromatic nitrogens is 3. The second kappa shape index (κ2) is 7.34. The lowest BCUT2D eigenvalue weighted by molar-refractivity contribution is 0.102. The topological polar surface area (TPSA) is 96.3 Å². The monoisotopic (exact) mass is 409 g/mol. The van der Waals surface area contributed by atoms with E-state index in [1.807, 2.05) is 37.3 Å². The van der Waals surface area contributed by atoms with Crippen LogP contribution in [-0.4, -0.2) is 47.4 Å². The predicted octanol–water partition coefficient (Wildman–Crippen LogP) is 3.68. The van der Waals surface area contributed by atoms with Crippen LogP contribution in [-0.2, 0) is 4.74 Å². The summed E-state index contributed by atoms with van der Waals surface area (Å²) in [4.78, 5) is 20.1. The van der Waals surface area contributed by atoms with Crippen molar-refractivity contribution in [3.63, 3.8) is 0 Å². The van der Waals surface area contributed by atoms with Gasteiger partial charge in [-0.2, -0.15) is 5.10 Å². The Balaban J connectivity index is 1.33. The molecule has 1 fully saturated rings. The molecule has 1 amide bonds. The molecule has 4 aromatic rings. The number of aromatic amines is 1. The zero-order valence-electron chi connectivity index (χ0n) is 15.8. The van der Waals surface area contributed by atoms with Crippen molar-refractivity contribution >= 4 is 39.0 Å². The minimum absolute atomic E-state index is 0.200. The SMILES string of the molecule is Cc1cnc(-c2cc3[nH]nc(NC(=O)c4ccc(N5CCOCC5)cc4)c3s2)o1. The highest BCUT2D eigenvalue weighted by Crippen LogP contribution is 2.36. The fourth-order valence-corrected chi connectivity index (χ4v) is 4.29. The molecule has 0 atom stereocenters. The van der Waals surface area contributed by atoms with Gasteiger partial charge in [-0.1, -0.05) is 0 Å². The number of ether oxygens (including phenoxy) is 1. The van der Waals surface area contributed by atoms with Crippen molar-refractivity contribution in [2.24, 2.45) is 0 Å². The summed E-state index contributed by atoms with van der Waals surface area (Å²) < 4.78 is 11.8. The standard InChI is InChI=1S/C20H19N5O3S/c1-12-11-21-20(28-12)16-10-15-17(29-16)18(24-23-15)22-19(26)13-2-4-14(5-3-13)25-6-8-27-9-7-25/h2-5,10-11H,6-9H2,1H3,(H2,22,23,24,26). The summed E-state index contributed by atoms with van der Waals surface area (Å²) in [6.07, 6.45) is 1.69. The number of hydrogen-bond acceptors (Lipinski definition) is 7. The van der Waals surface area contributed by atoms with Crippen LogP contribution in [0.3, 0.4) is 0 Å². The van der Waals surface area contributed by atoms with Gasteiger partial charge < -0.3 is 19.4 Å². The Morgan fingerprint density at radius 2 is 2.03 bits per heavy atom. The molecule has 2 N–H and O–H groups in total. The third-order valence-electron chi connectivity index (χ3n) is 4.81. The number of aryl methyl sites for hydroxylation is 1. The average molecular weight is 409 g/mol. The number of H-pyrrole nitrogens is 1. The molecule has 5 rings (SSSR count). The second-order valence-electron chi connectivity index (χ2n) is 6.80. The van der Waals surface area contributed by atoms with Crippen LogP contribution in [0.15, 0.2) is 40.9 Å². The molecule has 4 heterocycles. The first kappa shape index (κ1) is 17.9. The Morgan fingerprint density at radius 1 is 1.24 bits per heavy atom. The van der Waals surface area contributed by atoms with Crippen molar-refractivity contribution in [3.05, 3.63) is 47.9 Å². The number of amides is 1. The molecule has 1 aliphatic rings. The first-order valence-corrected chi connectivity index (χ1v) is 10.1. The molecule has 0 spiro atoms. The van der Waals surface area contributed by atoms with E-state index >= 15 is 0 Å². The lowest BCUT2D eigenvalue weighted by Gasteiger charge is -2.28. The maximum absolute atomic E-state index is 12.7. The summed E-state index contributed by atoms with van der Waals surface area (Å²) in [5.74, 6) is 1.62. The van der Waals surface area contributed by atoms with Gasteiger partial charge in [0.25, 0.3) is 5.91 Å². The highest BCUT2D eigenvalue weighted by molar-refractivity contribution is 7.22. The van der Waals surface area contributed by atoms with E-state index in [-0.39, 0.29) is 5.91 Å². The van der Waals surface area contributed by atoms with E-state index < -0.39 is 0 Å². The number of nitrogens with zero attached hydrogens (tertiary/aromatic N) is 3. The van der Waals surface area contributed by atoms with E-state index in [9.17, 15) is 4.79 Å². The lowest BCUT2D eigenvalue weighted by atomic mass is 10.1. The molecule has 29 heavy (non-hydrogen) atoms. The summed E-state index contributed by atoms with van der Waals surface area (Å²) in [6, 6.07) is 9.52. The summed E-state index contributed by atoms with van der Waals surface area (Å²) in [7, 11) is 0. The van der Waals surface area contributed by atoms with E-state index in [0.29, 0.717) is 17.3 Å². The molecule has 9 heteroatoms. The molecule has 148 valence electrons. The maximum Gasteiger partial charge on any atom is 0.256 e. The number of oxazole rings is 1. The molecule has 1 aliphatic heterocycles. The van der Waals surface area contributed by atoms with Crippen LogP contribution >= 0.6 is 11.3 Å². The molecule has 0 radical (unpaired) electrons. The van der Waals surface area contributed by atoms with Gasteiger partial charge in [0.2, 0.25) is 5.89 Å². The lowest BCUT2D eigenvalue weighted by Crippen LogP contribution is -2.36. The van der Waals surface area contributed by atoms with Gasteiger partial charge in [-0.15, -0.1) is 11.3 Å². The van der Waals surface area contributed by atoms with Crippen LogP contribution in [0.2, 0.25) is 0 Å². The van der Waals surface area contributed by atoms with Gasteiger partial charge in [0.1, 0.15) is 5.76 Å². The number of anilines is 2. The van der Waals surface area contributed by atoms with E-state index in [1.54, 1.807) is 6.20 Å². The Morgan fingerprint density at radius 3 is 2.76 bits per heavy atom. The van der Waals surface area contributed by atoms with Crippen LogP contribution in [0.1, 0.15) is 16.1 Å². The van der Waals surface area contributed by atoms with Gasteiger partial charge in [0.05, 0.1) is 34.5 Å². The van der Waals surface area contributed by atoms with Gasteiger partial charge in [-0.3, -0.25) is 9.89 Å². The van der Waals surface area contributed by atoms with E-state index in [2.05, 4.69) is 25.4 Å². The fourth-order valence-electron chi connectivity index (χ4n) is 3.30. The second-order valence-corrected chi connectivity index (χ2v) is 7.85. The van der Waals surface area contributed by atoms with Gasteiger partial charge in [-0.25, -0.2) is 4.98 Å². The smallest absolute Gasteiger partial charge is 0.256 e. The Hall–Kier alpha value is -3.17. The van der Waals surface area contributed by atoms with Crippen molar-refractivity contribution in [2.75, 3.05) is 36.5 Å². The van der Waals surface area contributed by atoms with Crippen LogP contribution in [0, 0.1) is 6.92 Å². The van der Waals surface area contributed by atoms with Gasteiger partial charge in [-0.05, 0) is 37.3 Å². The quantitative estimate of drug-likeness (QED) is 0.534. The van der Waals surface area contributed by atoms with Crippen LogP contribution in [0.4, 0.5) is 11.5 Å². The fraction of sp³-hybridized carbons (Fsp3) is 0.250. The normalized spacial score (nSPS) is 14.4. The minimum Gasteiger partial charge on any atom is -0.441 e. The number of carbonyl (C=O) groups is 1. The number of carbonyl (C=O) groups excluding carboxylic acids is 1. The minimum atomic E-state index is -0.200. The Kier molecular flexibility index (Phi) is 4.53. The molecule has 0 saturated carbocycles.